The Hall–Kier alpha value is -2.08. The van der Waals surface area contributed by atoms with Crippen molar-refractivity contribution in [2.45, 2.75) is 39.5 Å². The van der Waals surface area contributed by atoms with Crippen molar-refractivity contribution >= 4 is 23.2 Å². The fourth-order valence-corrected chi connectivity index (χ4v) is 4.23. The molecular weight excluding hydrogens is 354 g/mol. The van der Waals surface area contributed by atoms with Gasteiger partial charge in [0.05, 0.1) is 13.2 Å². The van der Waals surface area contributed by atoms with E-state index in [4.69, 9.17) is 4.74 Å². The Morgan fingerprint density at radius 3 is 2.14 bits per heavy atom. The Labute approximate surface area is 168 Å². The highest BCUT2D eigenvalue weighted by Gasteiger charge is 2.32. The molecule has 1 aromatic carbocycles. The van der Waals surface area contributed by atoms with Gasteiger partial charge < -0.3 is 19.9 Å². The Morgan fingerprint density at radius 1 is 1.00 bits per heavy atom. The smallest absolute Gasteiger partial charge is 0.227 e. The van der Waals surface area contributed by atoms with Crippen molar-refractivity contribution in [1.29, 1.82) is 0 Å². The molecule has 28 heavy (non-hydrogen) atoms. The van der Waals surface area contributed by atoms with Gasteiger partial charge >= 0.3 is 0 Å². The molecule has 0 aromatic heterocycles. The molecule has 1 saturated heterocycles. The first kappa shape index (κ1) is 20.6. The summed E-state index contributed by atoms with van der Waals surface area (Å²) in [7, 11) is 0. The van der Waals surface area contributed by atoms with Crippen molar-refractivity contribution < 1.29 is 14.3 Å². The minimum Gasteiger partial charge on any atom is -0.378 e. The third kappa shape index (κ3) is 5.04. The first-order chi connectivity index (χ1) is 13.6. The number of ether oxygens (including phenoxy) is 1. The van der Waals surface area contributed by atoms with Gasteiger partial charge in [0, 0.05) is 49.4 Å². The van der Waals surface area contributed by atoms with Crippen molar-refractivity contribution in [1.82, 2.24) is 4.90 Å². The average molecular weight is 388 g/mol. The van der Waals surface area contributed by atoms with Gasteiger partial charge in [-0.3, -0.25) is 9.59 Å². The molecule has 0 radical (unpaired) electrons. The quantitative estimate of drug-likeness (QED) is 0.815. The number of benzene rings is 1. The molecule has 1 aliphatic carbocycles. The van der Waals surface area contributed by atoms with Gasteiger partial charge in [-0.15, -0.1) is 0 Å². The molecule has 1 saturated carbocycles. The lowest BCUT2D eigenvalue weighted by molar-refractivity contribution is -0.141. The normalized spacial score (nSPS) is 22.6. The first-order valence-electron chi connectivity index (χ1n) is 10.6. The summed E-state index contributed by atoms with van der Waals surface area (Å²) in [4.78, 5) is 29.5. The molecule has 1 aromatic rings. The predicted octanol–water partition coefficient (Wildman–Crippen LogP) is 3.14. The molecule has 1 heterocycles. The Balaban J connectivity index is 1.48. The van der Waals surface area contributed by atoms with E-state index in [1.807, 2.05) is 17.0 Å². The number of hydrogen-bond acceptors (Lipinski definition) is 4. The number of nitrogens with zero attached hydrogens (tertiary/aromatic N) is 2. The van der Waals surface area contributed by atoms with Gasteiger partial charge in [-0.05, 0) is 63.8 Å². The van der Waals surface area contributed by atoms with E-state index in [1.165, 1.54) is 5.69 Å². The van der Waals surface area contributed by atoms with Crippen LogP contribution in [-0.4, -0.2) is 56.1 Å². The van der Waals surface area contributed by atoms with Crippen LogP contribution in [-0.2, 0) is 14.3 Å². The van der Waals surface area contributed by atoms with E-state index in [1.54, 1.807) is 0 Å². The molecule has 6 heteroatoms. The fraction of sp³-hybridized carbons (Fsp3) is 0.636. The zero-order valence-corrected chi connectivity index (χ0v) is 17.2. The summed E-state index contributed by atoms with van der Waals surface area (Å²) in [5, 5.41) is 3.05. The van der Waals surface area contributed by atoms with E-state index in [9.17, 15) is 9.59 Å². The van der Waals surface area contributed by atoms with Crippen molar-refractivity contribution in [2.75, 3.05) is 49.6 Å². The highest BCUT2D eigenvalue weighted by Crippen LogP contribution is 2.31. The third-order valence-electron chi connectivity index (χ3n) is 6.03. The molecule has 0 atom stereocenters. The lowest BCUT2D eigenvalue weighted by atomic mass is 9.81. The van der Waals surface area contributed by atoms with Crippen LogP contribution in [0.1, 0.15) is 39.5 Å². The van der Waals surface area contributed by atoms with Crippen LogP contribution in [0.25, 0.3) is 0 Å². The average Bonchev–Trinajstić information content (AvgIpc) is 2.76. The monoisotopic (exact) mass is 387 g/mol. The van der Waals surface area contributed by atoms with Crippen molar-refractivity contribution in [3.63, 3.8) is 0 Å². The fourth-order valence-electron chi connectivity index (χ4n) is 4.23. The molecule has 6 nitrogen and oxygen atoms in total. The second-order valence-electron chi connectivity index (χ2n) is 7.69. The van der Waals surface area contributed by atoms with Gasteiger partial charge in [-0.1, -0.05) is 0 Å². The summed E-state index contributed by atoms with van der Waals surface area (Å²) in [5.74, 6) is 0.383. The summed E-state index contributed by atoms with van der Waals surface area (Å²) in [5.41, 5.74) is 2.01. The number of anilines is 2. The van der Waals surface area contributed by atoms with Gasteiger partial charge in [0.1, 0.15) is 0 Å². The molecule has 2 aliphatic rings. The number of carbonyl (C=O) groups excluding carboxylic acids is 2. The lowest BCUT2D eigenvalue weighted by Crippen LogP contribution is -2.44. The summed E-state index contributed by atoms with van der Waals surface area (Å²) >= 11 is 0. The second kappa shape index (κ2) is 9.92. The maximum absolute atomic E-state index is 12.6. The number of carbonyl (C=O) groups is 2. The molecule has 2 fully saturated rings. The molecule has 0 unspecified atom stereocenters. The van der Waals surface area contributed by atoms with Gasteiger partial charge in [0.2, 0.25) is 11.8 Å². The van der Waals surface area contributed by atoms with E-state index in [0.717, 1.165) is 44.5 Å². The SMILES string of the molecule is CCN(CC)c1ccc(NC(=O)C2CCC(C(=O)N3CCOCC3)CC2)cc1. The van der Waals surface area contributed by atoms with Gasteiger partial charge in [0.25, 0.3) is 0 Å². The molecule has 3 rings (SSSR count). The van der Waals surface area contributed by atoms with E-state index in [0.29, 0.717) is 26.3 Å². The number of rotatable bonds is 6. The third-order valence-corrected chi connectivity index (χ3v) is 6.03. The maximum Gasteiger partial charge on any atom is 0.227 e. The van der Waals surface area contributed by atoms with Crippen molar-refractivity contribution in [3.05, 3.63) is 24.3 Å². The van der Waals surface area contributed by atoms with Crippen LogP contribution in [0.5, 0.6) is 0 Å². The molecule has 154 valence electrons. The second-order valence-corrected chi connectivity index (χ2v) is 7.69. The zero-order chi connectivity index (χ0) is 19.9. The van der Waals surface area contributed by atoms with Gasteiger partial charge in [-0.2, -0.15) is 0 Å². The zero-order valence-electron chi connectivity index (χ0n) is 17.2. The van der Waals surface area contributed by atoms with Crippen LogP contribution < -0.4 is 10.2 Å². The number of nitrogens with one attached hydrogen (secondary N) is 1. The highest BCUT2D eigenvalue weighted by atomic mass is 16.5. The van der Waals surface area contributed by atoms with Crippen LogP contribution in [0.4, 0.5) is 11.4 Å². The predicted molar refractivity (Wildman–Crippen MR) is 111 cm³/mol. The standard InChI is InChI=1S/C22H33N3O3/c1-3-24(4-2)20-11-9-19(10-12-20)23-21(26)17-5-7-18(8-6-17)22(27)25-13-15-28-16-14-25/h9-12,17-18H,3-8,13-16H2,1-2H3,(H,23,26). The summed E-state index contributed by atoms with van der Waals surface area (Å²) in [6, 6.07) is 8.05. The van der Waals surface area contributed by atoms with E-state index in [2.05, 4.69) is 36.2 Å². The topological polar surface area (TPSA) is 61.9 Å². The van der Waals surface area contributed by atoms with Crippen molar-refractivity contribution in [3.8, 4) is 0 Å². The molecular formula is C22H33N3O3. The van der Waals surface area contributed by atoms with Crippen LogP contribution in [0.2, 0.25) is 0 Å². The van der Waals surface area contributed by atoms with E-state index < -0.39 is 0 Å². The van der Waals surface area contributed by atoms with Crippen LogP contribution in [0.3, 0.4) is 0 Å². The Bertz CT molecular complexity index is 643. The minimum absolute atomic E-state index is 0.00352. The largest absolute Gasteiger partial charge is 0.378 e. The highest BCUT2D eigenvalue weighted by molar-refractivity contribution is 5.93. The van der Waals surface area contributed by atoms with Crippen LogP contribution >= 0.6 is 0 Å². The summed E-state index contributed by atoms with van der Waals surface area (Å²) in [6.07, 6.45) is 3.17. The van der Waals surface area contributed by atoms with Crippen LogP contribution in [0.15, 0.2) is 24.3 Å². The van der Waals surface area contributed by atoms with E-state index in [-0.39, 0.29) is 23.7 Å². The molecule has 1 aliphatic heterocycles. The van der Waals surface area contributed by atoms with E-state index >= 15 is 0 Å². The number of amides is 2. The Morgan fingerprint density at radius 2 is 1.57 bits per heavy atom. The number of hydrogen-bond donors (Lipinski definition) is 1. The van der Waals surface area contributed by atoms with Gasteiger partial charge in [0.15, 0.2) is 0 Å². The number of morpholine rings is 1. The van der Waals surface area contributed by atoms with Gasteiger partial charge in [-0.25, -0.2) is 0 Å². The maximum atomic E-state index is 12.6. The summed E-state index contributed by atoms with van der Waals surface area (Å²) < 4.78 is 5.33. The first-order valence-corrected chi connectivity index (χ1v) is 10.6. The minimum atomic E-state index is -0.00352. The Kier molecular flexibility index (Phi) is 7.31. The molecule has 0 bridgehead atoms. The molecule has 2 amide bonds. The van der Waals surface area contributed by atoms with Crippen LogP contribution in [0, 0.1) is 11.8 Å². The molecule has 1 N–H and O–H groups in total. The van der Waals surface area contributed by atoms with Crippen molar-refractivity contribution in [2.24, 2.45) is 11.8 Å². The molecule has 0 spiro atoms. The summed E-state index contributed by atoms with van der Waals surface area (Å²) in [6.45, 7) is 8.88. The lowest BCUT2D eigenvalue weighted by Gasteiger charge is -2.33.